The van der Waals surface area contributed by atoms with E-state index in [0.29, 0.717) is 13.1 Å². The van der Waals surface area contributed by atoms with Gasteiger partial charge in [0, 0.05) is 42.6 Å². The van der Waals surface area contributed by atoms with Crippen LogP contribution in [0.4, 0.5) is 0 Å². The summed E-state index contributed by atoms with van der Waals surface area (Å²) in [6, 6.07) is 9.43. The molecule has 2 saturated heterocycles. The van der Waals surface area contributed by atoms with Gasteiger partial charge in [-0.1, -0.05) is 32.0 Å². The van der Waals surface area contributed by atoms with E-state index >= 15 is 0 Å². The average molecular weight is 288 g/mol. The van der Waals surface area contributed by atoms with E-state index in [1.54, 1.807) is 0 Å². The van der Waals surface area contributed by atoms with Crippen molar-refractivity contribution in [1.29, 1.82) is 0 Å². The fourth-order valence-corrected chi connectivity index (χ4v) is 4.41. The zero-order valence-corrected chi connectivity index (χ0v) is 13.0. The second-order valence-electron chi connectivity index (χ2n) is 7.41. The van der Waals surface area contributed by atoms with E-state index in [1.165, 1.54) is 0 Å². The molecule has 2 heterocycles. The van der Waals surface area contributed by atoms with E-state index in [2.05, 4.69) is 25.8 Å². The van der Waals surface area contributed by atoms with E-state index in [1.807, 2.05) is 35.2 Å². The Bertz CT molecular complexity index is 525. The van der Waals surface area contributed by atoms with Crippen LogP contribution in [0.2, 0.25) is 0 Å². The molecule has 2 fully saturated rings. The van der Waals surface area contributed by atoms with Gasteiger partial charge in [-0.15, -0.1) is 0 Å². The molecule has 2 aliphatic heterocycles. The first kappa shape index (κ1) is 14.5. The third-order valence-electron chi connectivity index (χ3n) is 4.99. The fraction of sp³-hybridized carbons (Fsp3) is 0.588. The summed E-state index contributed by atoms with van der Waals surface area (Å²) >= 11 is 0. The third kappa shape index (κ3) is 2.36. The molecule has 1 amide bonds. The number of rotatable bonds is 1. The maximum Gasteiger partial charge on any atom is 0.253 e. The Morgan fingerprint density at radius 2 is 1.62 bits per heavy atom. The van der Waals surface area contributed by atoms with Crippen molar-refractivity contribution in [3.8, 4) is 0 Å². The zero-order valence-electron chi connectivity index (χ0n) is 13.0. The molecular weight excluding hydrogens is 264 g/mol. The standard InChI is InChI=1S/C17H24N2O2/c1-16-9-18(3)10-17(2,15(16)21)12-19(11-16)14(20)13-7-5-4-6-8-13/h4-8,15,21H,9-12H2,1-3H3/t15?,16-,17+. The SMILES string of the molecule is CN1C[C@@]2(C)CN(C(=O)c3ccccc3)C[C@@](C)(C1)C2O. The van der Waals surface area contributed by atoms with E-state index in [4.69, 9.17) is 0 Å². The largest absolute Gasteiger partial charge is 0.392 e. The number of aliphatic hydroxyl groups excluding tert-OH is 1. The summed E-state index contributed by atoms with van der Waals surface area (Å²) in [5.41, 5.74) is 0.210. The highest BCUT2D eigenvalue weighted by atomic mass is 16.3. The summed E-state index contributed by atoms with van der Waals surface area (Å²) in [4.78, 5) is 16.9. The van der Waals surface area contributed by atoms with Crippen molar-refractivity contribution >= 4 is 5.91 Å². The minimum atomic E-state index is -0.360. The normalized spacial score (nSPS) is 36.6. The molecule has 2 aliphatic rings. The first-order valence-corrected chi connectivity index (χ1v) is 7.55. The molecule has 0 saturated carbocycles. The van der Waals surface area contributed by atoms with Gasteiger partial charge in [-0.3, -0.25) is 4.79 Å². The number of fused-ring (bicyclic) bond motifs is 2. The van der Waals surface area contributed by atoms with Gasteiger partial charge < -0.3 is 14.9 Å². The number of piperidine rings is 2. The molecule has 4 heteroatoms. The first-order valence-electron chi connectivity index (χ1n) is 7.55. The van der Waals surface area contributed by atoms with Gasteiger partial charge in [0.1, 0.15) is 0 Å². The van der Waals surface area contributed by atoms with Gasteiger partial charge in [0.15, 0.2) is 0 Å². The van der Waals surface area contributed by atoms with Crippen LogP contribution in [0.15, 0.2) is 30.3 Å². The first-order chi connectivity index (χ1) is 9.84. The lowest BCUT2D eigenvalue weighted by molar-refractivity contribution is -0.161. The van der Waals surface area contributed by atoms with Crippen molar-refractivity contribution < 1.29 is 9.90 Å². The third-order valence-corrected chi connectivity index (χ3v) is 4.99. The molecule has 0 radical (unpaired) electrons. The van der Waals surface area contributed by atoms with Crippen molar-refractivity contribution in [2.24, 2.45) is 10.8 Å². The molecule has 1 aromatic carbocycles. The Kier molecular flexibility index (Phi) is 3.34. The van der Waals surface area contributed by atoms with Gasteiger partial charge in [0.05, 0.1) is 6.10 Å². The second kappa shape index (κ2) is 4.82. The number of benzene rings is 1. The van der Waals surface area contributed by atoms with Crippen molar-refractivity contribution in [1.82, 2.24) is 9.80 Å². The van der Waals surface area contributed by atoms with Gasteiger partial charge >= 0.3 is 0 Å². The molecule has 4 nitrogen and oxygen atoms in total. The quantitative estimate of drug-likeness (QED) is 0.851. The van der Waals surface area contributed by atoms with Crippen molar-refractivity contribution in [2.75, 3.05) is 33.2 Å². The molecule has 1 unspecified atom stereocenters. The molecule has 1 aromatic rings. The van der Waals surface area contributed by atoms with Gasteiger partial charge in [-0.05, 0) is 19.2 Å². The molecule has 2 bridgehead atoms. The number of hydrogen-bond acceptors (Lipinski definition) is 3. The van der Waals surface area contributed by atoms with E-state index < -0.39 is 0 Å². The minimum absolute atomic E-state index is 0.0736. The van der Waals surface area contributed by atoms with Crippen LogP contribution in [0.1, 0.15) is 24.2 Å². The van der Waals surface area contributed by atoms with E-state index in [0.717, 1.165) is 18.7 Å². The van der Waals surface area contributed by atoms with E-state index in [-0.39, 0.29) is 22.8 Å². The maximum atomic E-state index is 12.7. The molecule has 3 atom stereocenters. The number of carbonyl (C=O) groups is 1. The van der Waals surface area contributed by atoms with Crippen LogP contribution in [0.5, 0.6) is 0 Å². The Balaban J connectivity index is 1.89. The molecular formula is C17H24N2O2. The van der Waals surface area contributed by atoms with Crippen LogP contribution < -0.4 is 0 Å². The molecule has 21 heavy (non-hydrogen) atoms. The minimum Gasteiger partial charge on any atom is -0.392 e. The number of aliphatic hydroxyl groups is 1. The van der Waals surface area contributed by atoms with Crippen molar-refractivity contribution in [3.63, 3.8) is 0 Å². The summed E-state index contributed by atoms with van der Waals surface area (Å²) in [5.74, 6) is 0.0736. The molecule has 114 valence electrons. The molecule has 3 rings (SSSR count). The van der Waals surface area contributed by atoms with Crippen LogP contribution in [0.3, 0.4) is 0 Å². The van der Waals surface area contributed by atoms with Crippen LogP contribution >= 0.6 is 0 Å². The summed E-state index contributed by atoms with van der Waals surface area (Å²) in [5, 5.41) is 10.7. The smallest absolute Gasteiger partial charge is 0.253 e. The van der Waals surface area contributed by atoms with Crippen LogP contribution in [0, 0.1) is 10.8 Å². The van der Waals surface area contributed by atoms with Crippen LogP contribution in [-0.2, 0) is 0 Å². The summed E-state index contributed by atoms with van der Waals surface area (Å²) in [6.07, 6.45) is -0.360. The predicted molar refractivity (Wildman–Crippen MR) is 82.1 cm³/mol. The Morgan fingerprint density at radius 1 is 1.10 bits per heavy atom. The highest BCUT2D eigenvalue weighted by molar-refractivity contribution is 5.94. The molecule has 0 aromatic heterocycles. The highest BCUT2D eigenvalue weighted by Crippen LogP contribution is 2.45. The number of amides is 1. The van der Waals surface area contributed by atoms with E-state index in [9.17, 15) is 9.90 Å². The van der Waals surface area contributed by atoms with Gasteiger partial charge in [0.2, 0.25) is 0 Å². The summed E-state index contributed by atoms with van der Waals surface area (Å²) < 4.78 is 0. The lowest BCUT2D eigenvalue weighted by Crippen LogP contribution is -2.70. The average Bonchev–Trinajstić information content (AvgIpc) is 2.42. The number of likely N-dealkylation sites (tertiary alicyclic amines) is 2. The van der Waals surface area contributed by atoms with Crippen LogP contribution in [0.25, 0.3) is 0 Å². The lowest BCUT2D eigenvalue weighted by atomic mass is 9.63. The monoisotopic (exact) mass is 288 g/mol. The fourth-order valence-electron chi connectivity index (χ4n) is 4.41. The Hall–Kier alpha value is -1.39. The van der Waals surface area contributed by atoms with Crippen molar-refractivity contribution in [2.45, 2.75) is 20.0 Å². The molecule has 1 N–H and O–H groups in total. The molecule has 0 aliphatic carbocycles. The predicted octanol–water partition coefficient (Wildman–Crippen LogP) is 1.46. The number of hydrogen-bond donors (Lipinski definition) is 1. The maximum absolute atomic E-state index is 12.7. The summed E-state index contributed by atoms with van der Waals surface area (Å²) in [6.45, 7) is 7.06. The van der Waals surface area contributed by atoms with Gasteiger partial charge in [-0.25, -0.2) is 0 Å². The Morgan fingerprint density at radius 3 is 2.14 bits per heavy atom. The topological polar surface area (TPSA) is 43.8 Å². The van der Waals surface area contributed by atoms with Crippen molar-refractivity contribution in [3.05, 3.63) is 35.9 Å². The number of nitrogens with zero attached hydrogens (tertiary/aromatic N) is 2. The van der Waals surface area contributed by atoms with Gasteiger partial charge in [-0.2, -0.15) is 0 Å². The highest BCUT2D eigenvalue weighted by Gasteiger charge is 2.55. The second-order valence-corrected chi connectivity index (χ2v) is 7.41. The number of carbonyl (C=O) groups excluding carboxylic acids is 1. The zero-order chi connectivity index (χ0) is 15.3. The summed E-state index contributed by atoms with van der Waals surface area (Å²) in [7, 11) is 2.09. The molecule has 0 spiro atoms. The van der Waals surface area contributed by atoms with Crippen LogP contribution in [-0.4, -0.2) is 60.1 Å². The van der Waals surface area contributed by atoms with Gasteiger partial charge in [0.25, 0.3) is 5.91 Å². The Labute approximate surface area is 126 Å². The lowest BCUT2D eigenvalue weighted by Gasteiger charge is -2.59.